The summed E-state index contributed by atoms with van der Waals surface area (Å²) in [5, 5.41) is 8.76. The van der Waals surface area contributed by atoms with Gasteiger partial charge in [0.05, 0.1) is 30.4 Å². The van der Waals surface area contributed by atoms with Gasteiger partial charge in [-0.2, -0.15) is 13.2 Å². The van der Waals surface area contributed by atoms with E-state index in [0.717, 1.165) is 24.3 Å². The summed E-state index contributed by atoms with van der Waals surface area (Å²) in [6.07, 6.45) is -2.09. The fourth-order valence-electron chi connectivity index (χ4n) is 8.41. The van der Waals surface area contributed by atoms with Gasteiger partial charge in [0.1, 0.15) is 34.2 Å². The third-order valence-corrected chi connectivity index (χ3v) is 13.3. The van der Waals surface area contributed by atoms with Gasteiger partial charge in [0, 0.05) is 37.5 Å². The van der Waals surface area contributed by atoms with E-state index in [4.69, 9.17) is 4.74 Å². The number of hydrogen-bond acceptors (Lipinski definition) is 9. The normalized spacial score (nSPS) is 25.7. The smallest absolute Gasteiger partial charge is 0.416 e. The predicted molar refractivity (Wildman–Crippen MR) is 215 cm³/mol. The number of carbonyl (C=O) groups is 4. The molecular formula is C43H47F5N6O7S. The van der Waals surface area contributed by atoms with E-state index >= 15 is 0 Å². The molecule has 332 valence electrons. The Hall–Kier alpha value is -5.56. The summed E-state index contributed by atoms with van der Waals surface area (Å²) in [4.78, 5) is 58.5. The molecule has 62 heavy (non-hydrogen) atoms. The van der Waals surface area contributed by atoms with Gasteiger partial charge < -0.3 is 25.6 Å². The van der Waals surface area contributed by atoms with Gasteiger partial charge >= 0.3 is 12.3 Å². The predicted octanol–water partition coefficient (Wildman–Crippen LogP) is 5.90. The van der Waals surface area contributed by atoms with Crippen LogP contribution in [0.25, 0.3) is 0 Å². The van der Waals surface area contributed by atoms with Crippen molar-refractivity contribution in [2.45, 2.75) is 106 Å². The first-order valence-corrected chi connectivity index (χ1v) is 21.9. The molecular weight excluding hydrogens is 840 g/mol. The van der Waals surface area contributed by atoms with Crippen molar-refractivity contribution < 1.29 is 54.3 Å². The topological polar surface area (TPSA) is 166 Å². The molecule has 1 aliphatic carbocycles. The van der Waals surface area contributed by atoms with Crippen LogP contribution < -0.4 is 20.7 Å². The zero-order valence-corrected chi connectivity index (χ0v) is 34.4. The van der Waals surface area contributed by atoms with Gasteiger partial charge in [0.25, 0.3) is 15.9 Å². The molecule has 2 fully saturated rings. The standard InChI is InChI=1S/C43H47F5N6O7S/c1-2-28-21-42(28)40(57)52-62(59,60)37-19-30(44)15-16-34(37)49-17-7-5-3-4-6-14-35(50-22-26-10-8-12-29(18-26)43(46,47)48)39(56)54-24-31(20-36(54)38(55)51-42)61-41(58)53-23-27-11-9-13-33(45)32(27)25-53/h2,8-13,15-16,18-19,28,31,35-36,49-50H,1,3-7,14,17,20-25H2,(H,51,55)(H,52,57)/t28-,31-,35+,36+,42-/m1/s1. The lowest BCUT2D eigenvalue weighted by Gasteiger charge is -2.30. The SMILES string of the molecule is C=C[C@@H]1C[C@@]12NC(=O)[C@@H]1C[C@@H](OC(=O)N3Cc4cccc(F)c4C3)CN1C(=O)[C@@H](NCc1cccc(C(F)(F)F)c1)CCCCCCCNc1ccc(F)cc1S(=O)(=O)NC2=O. The number of carbonyl (C=O) groups excluding carboxylic acids is 4. The summed E-state index contributed by atoms with van der Waals surface area (Å²) in [5.41, 5.74) is -1.46. The lowest BCUT2D eigenvalue weighted by molar-refractivity contribution is -0.141. The van der Waals surface area contributed by atoms with Gasteiger partial charge in [-0.25, -0.2) is 26.7 Å². The Balaban J connectivity index is 1.18. The van der Waals surface area contributed by atoms with Crippen molar-refractivity contribution in [3.8, 4) is 0 Å². The molecule has 7 rings (SSSR count). The van der Waals surface area contributed by atoms with Crippen LogP contribution in [0.5, 0.6) is 0 Å². The Labute approximate surface area is 355 Å². The molecule has 4 N–H and O–H groups in total. The fraction of sp³-hybridized carbons (Fsp3) is 0.442. The Morgan fingerprint density at radius 1 is 0.984 bits per heavy atom. The molecule has 0 unspecified atom stereocenters. The molecule has 0 radical (unpaired) electrons. The molecule has 0 aromatic heterocycles. The van der Waals surface area contributed by atoms with Crippen LogP contribution in [0.2, 0.25) is 0 Å². The van der Waals surface area contributed by atoms with Crippen LogP contribution in [0.3, 0.4) is 0 Å². The maximum atomic E-state index is 14.7. The van der Waals surface area contributed by atoms with E-state index in [-0.39, 0.29) is 56.7 Å². The molecule has 4 aliphatic rings. The number of alkyl halides is 3. The van der Waals surface area contributed by atoms with E-state index in [1.807, 2.05) is 4.72 Å². The highest BCUT2D eigenvalue weighted by molar-refractivity contribution is 7.90. The summed E-state index contributed by atoms with van der Waals surface area (Å²) in [7, 11) is -4.72. The summed E-state index contributed by atoms with van der Waals surface area (Å²) in [6, 6.07) is 9.89. The molecule has 4 amide bonds. The number of anilines is 1. The van der Waals surface area contributed by atoms with E-state index in [9.17, 15) is 49.5 Å². The number of sulfonamides is 1. The Morgan fingerprint density at radius 3 is 2.48 bits per heavy atom. The molecule has 0 bridgehead atoms. The van der Waals surface area contributed by atoms with Crippen LogP contribution in [-0.4, -0.2) is 78.8 Å². The maximum Gasteiger partial charge on any atom is 0.416 e. The minimum Gasteiger partial charge on any atom is -0.444 e. The lowest BCUT2D eigenvalue weighted by Crippen LogP contribution is -2.57. The third kappa shape index (κ3) is 9.72. The number of hydrogen-bond donors (Lipinski definition) is 4. The van der Waals surface area contributed by atoms with E-state index < -0.39 is 91.8 Å². The van der Waals surface area contributed by atoms with Crippen LogP contribution in [0.4, 0.5) is 32.4 Å². The Kier molecular flexibility index (Phi) is 12.9. The fourth-order valence-corrected chi connectivity index (χ4v) is 9.64. The first-order valence-electron chi connectivity index (χ1n) is 20.5. The van der Waals surface area contributed by atoms with Gasteiger partial charge in [-0.1, -0.05) is 62.1 Å². The summed E-state index contributed by atoms with van der Waals surface area (Å²) in [5.74, 6) is -4.70. The highest BCUT2D eigenvalue weighted by Crippen LogP contribution is 2.45. The van der Waals surface area contributed by atoms with E-state index in [2.05, 4.69) is 22.5 Å². The van der Waals surface area contributed by atoms with E-state index in [1.54, 1.807) is 6.07 Å². The maximum absolute atomic E-state index is 14.7. The molecule has 5 atom stereocenters. The number of amides is 4. The van der Waals surface area contributed by atoms with Gasteiger partial charge in [0.2, 0.25) is 11.8 Å². The van der Waals surface area contributed by atoms with Crippen LogP contribution >= 0.6 is 0 Å². The second-order valence-electron chi connectivity index (χ2n) is 16.2. The summed E-state index contributed by atoms with van der Waals surface area (Å²) in [6.45, 7) is 3.60. The van der Waals surface area contributed by atoms with Crippen LogP contribution in [0.1, 0.15) is 73.6 Å². The second kappa shape index (κ2) is 18.0. The highest BCUT2D eigenvalue weighted by Gasteiger charge is 2.61. The third-order valence-electron chi connectivity index (χ3n) is 11.9. The number of fused-ring (bicyclic) bond motifs is 3. The van der Waals surface area contributed by atoms with Crippen molar-refractivity contribution in [1.82, 2.24) is 25.2 Å². The van der Waals surface area contributed by atoms with Crippen LogP contribution in [-0.2, 0) is 55.0 Å². The van der Waals surface area contributed by atoms with E-state index in [0.29, 0.717) is 49.8 Å². The average Bonchev–Trinajstić information content (AvgIpc) is 3.51. The minimum absolute atomic E-state index is 0.0589. The first-order chi connectivity index (χ1) is 29.5. The van der Waals surface area contributed by atoms with Crippen molar-refractivity contribution in [3.05, 3.63) is 107 Å². The van der Waals surface area contributed by atoms with Crippen molar-refractivity contribution in [2.24, 2.45) is 5.92 Å². The molecule has 19 heteroatoms. The number of rotatable bonds is 5. The summed E-state index contributed by atoms with van der Waals surface area (Å²) < 4.78 is 105. The van der Waals surface area contributed by atoms with Crippen LogP contribution in [0, 0.1) is 17.6 Å². The van der Waals surface area contributed by atoms with Gasteiger partial charge in [-0.3, -0.25) is 19.3 Å². The van der Waals surface area contributed by atoms with Gasteiger partial charge in [0.15, 0.2) is 0 Å². The Morgan fingerprint density at radius 2 is 1.74 bits per heavy atom. The second-order valence-corrected chi connectivity index (χ2v) is 17.8. The monoisotopic (exact) mass is 886 g/mol. The van der Waals surface area contributed by atoms with Gasteiger partial charge in [-0.05, 0) is 60.7 Å². The van der Waals surface area contributed by atoms with Gasteiger partial charge in [-0.15, -0.1) is 6.58 Å². The molecule has 3 aliphatic heterocycles. The average molecular weight is 887 g/mol. The number of halogens is 5. The molecule has 13 nitrogen and oxygen atoms in total. The summed E-state index contributed by atoms with van der Waals surface area (Å²) >= 11 is 0. The van der Waals surface area contributed by atoms with Crippen LogP contribution in [0.15, 0.2) is 78.2 Å². The van der Waals surface area contributed by atoms with Crippen molar-refractivity contribution in [3.63, 3.8) is 0 Å². The highest BCUT2D eigenvalue weighted by atomic mass is 32.2. The molecule has 1 saturated heterocycles. The number of ether oxygens (including phenoxy) is 1. The zero-order chi connectivity index (χ0) is 44.4. The molecule has 1 saturated carbocycles. The number of nitrogens with one attached hydrogen (secondary N) is 4. The number of nitrogens with zero attached hydrogens (tertiary/aromatic N) is 2. The molecule has 3 heterocycles. The van der Waals surface area contributed by atoms with Crippen molar-refractivity contribution in [1.29, 1.82) is 0 Å². The minimum atomic E-state index is -4.72. The van der Waals surface area contributed by atoms with Crippen molar-refractivity contribution in [2.75, 3.05) is 18.4 Å². The molecule has 3 aromatic carbocycles. The first kappa shape index (κ1) is 44.5. The quantitative estimate of drug-likeness (QED) is 0.181. The van der Waals surface area contributed by atoms with Crippen molar-refractivity contribution >= 4 is 39.5 Å². The largest absolute Gasteiger partial charge is 0.444 e. The molecule has 1 spiro atoms. The Bertz CT molecular complexity index is 2350. The molecule has 3 aromatic rings. The lowest BCUT2D eigenvalue weighted by atomic mass is 10.0. The van der Waals surface area contributed by atoms with E-state index in [1.165, 1.54) is 46.2 Å². The zero-order valence-electron chi connectivity index (χ0n) is 33.6. The number of benzene rings is 3.